The number of hydrogen-bond acceptors (Lipinski definition) is 2. The summed E-state index contributed by atoms with van der Waals surface area (Å²) in [4.78, 5) is 4.55. The second-order valence-corrected chi connectivity index (χ2v) is 5.71. The first kappa shape index (κ1) is 15.8. The van der Waals surface area contributed by atoms with E-state index in [1.165, 1.54) is 22.5 Å². The van der Waals surface area contributed by atoms with Gasteiger partial charge in [-0.25, -0.2) is 4.98 Å². The molecule has 0 spiro atoms. The molecule has 0 aliphatic rings. The smallest absolute Gasteiger partial charge is 0.110 e. The largest absolute Gasteiger partial charge is 0.335 e. The highest BCUT2D eigenvalue weighted by Crippen LogP contribution is 2.22. The first-order valence-corrected chi connectivity index (χ1v) is 7.96. The van der Waals surface area contributed by atoms with Crippen LogP contribution in [0.3, 0.4) is 0 Å². The molecule has 0 radical (unpaired) electrons. The summed E-state index contributed by atoms with van der Waals surface area (Å²) in [6.07, 6.45) is 6.07. The summed E-state index contributed by atoms with van der Waals surface area (Å²) in [6, 6.07) is 7.04. The molecule has 21 heavy (non-hydrogen) atoms. The Morgan fingerprint density at radius 1 is 1.24 bits per heavy atom. The van der Waals surface area contributed by atoms with Crippen LogP contribution in [-0.2, 0) is 13.0 Å². The average molecular weight is 285 g/mol. The minimum absolute atomic E-state index is 0.327. The summed E-state index contributed by atoms with van der Waals surface area (Å²) in [6.45, 7) is 10.7. The first-order valence-electron chi connectivity index (χ1n) is 7.96. The van der Waals surface area contributed by atoms with Crippen LogP contribution in [0.5, 0.6) is 0 Å². The van der Waals surface area contributed by atoms with E-state index in [0.717, 1.165) is 25.9 Å². The van der Waals surface area contributed by atoms with Crippen LogP contribution in [-0.4, -0.2) is 16.1 Å². The van der Waals surface area contributed by atoms with Gasteiger partial charge in [-0.2, -0.15) is 0 Å². The highest BCUT2D eigenvalue weighted by atomic mass is 15.1. The molecule has 1 N–H and O–H groups in total. The molecule has 1 aromatic heterocycles. The molecule has 0 fully saturated rings. The molecule has 114 valence electrons. The van der Waals surface area contributed by atoms with E-state index in [1.54, 1.807) is 0 Å². The van der Waals surface area contributed by atoms with E-state index in [0.29, 0.717) is 6.04 Å². The minimum Gasteiger partial charge on any atom is -0.335 e. The number of nitrogens with one attached hydrogen (secondary N) is 1. The molecular formula is C18H27N3. The highest BCUT2D eigenvalue weighted by Gasteiger charge is 2.16. The summed E-state index contributed by atoms with van der Waals surface area (Å²) in [7, 11) is 0. The van der Waals surface area contributed by atoms with Gasteiger partial charge < -0.3 is 9.88 Å². The Morgan fingerprint density at radius 3 is 2.71 bits per heavy atom. The van der Waals surface area contributed by atoms with Gasteiger partial charge in [0, 0.05) is 31.4 Å². The van der Waals surface area contributed by atoms with Crippen molar-refractivity contribution < 1.29 is 0 Å². The van der Waals surface area contributed by atoms with Crippen LogP contribution in [0.4, 0.5) is 0 Å². The quantitative estimate of drug-likeness (QED) is 0.838. The van der Waals surface area contributed by atoms with Crippen molar-refractivity contribution >= 4 is 0 Å². The summed E-state index contributed by atoms with van der Waals surface area (Å²) in [5, 5.41) is 3.61. The second-order valence-electron chi connectivity index (χ2n) is 5.71. The second kappa shape index (κ2) is 7.41. The Kier molecular flexibility index (Phi) is 5.57. The maximum Gasteiger partial charge on any atom is 0.110 e. The van der Waals surface area contributed by atoms with Crippen LogP contribution >= 0.6 is 0 Å². The Morgan fingerprint density at radius 2 is 2.05 bits per heavy atom. The molecular weight excluding hydrogens is 258 g/mol. The monoisotopic (exact) mass is 285 g/mol. The summed E-state index contributed by atoms with van der Waals surface area (Å²) < 4.78 is 2.27. The van der Waals surface area contributed by atoms with Gasteiger partial charge in [-0.3, -0.25) is 0 Å². The lowest BCUT2D eigenvalue weighted by atomic mass is 9.96. The van der Waals surface area contributed by atoms with Crippen LogP contribution in [0.15, 0.2) is 30.6 Å². The fraction of sp³-hybridized carbons (Fsp3) is 0.500. The van der Waals surface area contributed by atoms with Crippen molar-refractivity contribution in [2.24, 2.45) is 0 Å². The van der Waals surface area contributed by atoms with Gasteiger partial charge in [0.15, 0.2) is 0 Å². The number of aryl methyl sites for hydroxylation is 3. The van der Waals surface area contributed by atoms with Gasteiger partial charge in [-0.1, -0.05) is 37.6 Å². The highest BCUT2D eigenvalue weighted by molar-refractivity contribution is 5.33. The van der Waals surface area contributed by atoms with Gasteiger partial charge in [0.05, 0.1) is 0 Å². The van der Waals surface area contributed by atoms with Gasteiger partial charge in [0.1, 0.15) is 5.82 Å². The average Bonchev–Trinajstić information content (AvgIpc) is 2.86. The van der Waals surface area contributed by atoms with Crippen molar-refractivity contribution in [3.05, 3.63) is 53.1 Å². The van der Waals surface area contributed by atoms with Crippen LogP contribution in [0, 0.1) is 13.8 Å². The van der Waals surface area contributed by atoms with Crippen LogP contribution < -0.4 is 5.32 Å². The van der Waals surface area contributed by atoms with E-state index < -0.39 is 0 Å². The summed E-state index contributed by atoms with van der Waals surface area (Å²) in [5.41, 5.74) is 4.06. The number of likely N-dealkylation sites (N-methyl/N-ethyl adjacent to an activating group) is 1. The molecule has 1 atom stereocenters. The molecule has 2 rings (SSSR count). The molecule has 3 nitrogen and oxygen atoms in total. The van der Waals surface area contributed by atoms with Gasteiger partial charge in [0.2, 0.25) is 0 Å². The maximum atomic E-state index is 4.55. The number of aromatic nitrogens is 2. The minimum atomic E-state index is 0.327. The van der Waals surface area contributed by atoms with Crippen LogP contribution in [0.1, 0.15) is 48.8 Å². The predicted molar refractivity (Wildman–Crippen MR) is 88.6 cm³/mol. The molecule has 1 unspecified atom stereocenters. The number of imidazole rings is 1. The van der Waals surface area contributed by atoms with Crippen molar-refractivity contribution in [2.75, 3.05) is 6.54 Å². The molecule has 1 aromatic carbocycles. The van der Waals surface area contributed by atoms with E-state index >= 15 is 0 Å². The van der Waals surface area contributed by atoms with Crippen molar-refractivity contribution in [3.8, 4) is 0 Å². The van der Waals surface area contributed by atoms with Gasteiger partial charge in [-0.05, 0) is 37.9 Å². The fourth-order valence-electron chi connectivity index (χ4n) is 2.91. The molecule has 0 saturated carbocycles. The molecule has 0 saturated heterocycles. The topological polar surface area (TPSA) is 29.9 Å². The normalized spacial score (nSPS) is 12.6. The molecule has 0 bridgehead atoms. The van der Waals surface area contributed by atoms with Crippen molar-refractivity contribution in [3.63, 3.8) is 0 Å². The number of nitrogens with zero attached hydrogens (tertiary/aromatic N) is 2. The molecule has 0 aliphatic carbocycles. The zero-order valence-corrected chi connectivity index (χ0v) is 13.7. The lowest BCUT2D eigenvalue weighted by Crippen LogP contribution is -2.25. The number of benzene rings is 1. The van der Waals surface area contributed by atoms with Crippen LogP contribution in [0.25, 0.3) is 0 Å². The number of rotatable bonds is 7. The summed E-state index contributed by atoms with van der Waals surface area (Å²) >= 11 is 0. The Labute approximate surface area is 128 Å². The maximum absolute atomic E-state index is 4.55. The van der Waals surface area contributed by atoms with E-state index in [2.05, 4.69) is 67.0 Å². The van der Waals surface area contributed by atoms with E-state index in [1.807, 2.05) is 6.20 Å². The van der Waals surface area contributed by atoms with Crippen molar-refractivity contribution in [1.29, 1.82) is 0 Å². The molecule has 1 heterocycles. The SMILES string of the molecule is CCCn1ccnc1CC(NCC)c1ccc(C)cc1C. The molecule has 3 heteroatoms. The third kappa shape index (κ3) is 3.94. The standard InChI is InChI=1S/C18H27N3/c1-5-10-21-11-9-20-18(21)13-17(19-6-2)16-8-7-14(3)12-15(16)4/h7-9,11-12,17,19H,5-6,10,13H2,1-4H3. The van der Waals surface area contributed by atoms with Crippen LogP contribution in [0.2, 0.25) is 0 Å². The van der Waals surface area contributed by atoms with Gasteiger partial charge in [-0.15, -0.1) is 0 Å². The van der Waals surface area contributed by atoms with Gasteiger partial charge >= 0.3 is 0 Å². The molecule has 0 aliphatic heterocycles. The number of hydrogen-bond donors (Lipinski definition) is 1. The van der Waals surface area contributed by atoms with Gasteiger partial charge in [0.25, 0.3) is 0 Å². The van der Waals surface area contributed by atoms with Crippen molar-refractivity contribution in [2.45, 2.75) is 53.1 Å². The predicted octanol–water partition coefficient (Wildman–Crippen LogP) is 3.80. The zero-order valence-electron chi connectivity index (χ0n) is 13.7. The first-order chi connectivity index (χ1) is 10.2. The lowest BCUT2D eigenvalue weighted by Gasteiger charge is -2.21. The third-order valence-electron chi connectivity index (χ3n) is 3.90. The molecule has 0 amide bonds. The third-order valence-corrected chi connectivity index (χ3v) is 3.90. The van der Waals surface area contributed by atoms with E-state index in [4.69, 9.17) is 0 Å². The molecule has 2 aromatic rings. The Balaban J connectivity index is 2.24. The Bertz CT molecular complexity index is 572. The zero-order chi connectivity index (χ0) is 15.2. The Hall–Kier alpha value is -1.61. The lowest BCUT2D eigenvalue weighted by molar-refractivity contribution is 0.514. The van der Waals surface area contributed by atoms with E-state index in [9.17, 15) is 0 Å². The van der Waals surface area contributed by atoms with E-state index in [-0.39, 0.29) is 0 Å². The summed E-state index contributed by atoms with van der Waals surface area (Å²) in [5.74, 6) is 1.17. The van der Waals surface area contributed by atoms with Crippen molar-refractivity contribution in [1.82, 2.24) is 14.9 Å². The fourth-order valence-corrected chi connectivity index (χ4v) is 2.91.